The van der Waals surface area contributed by atoms with Crippen molar-refractivity contribution in [1.29, 1.82) is 0 Å². The number of aliphatic carboxylic acids is 4. The largest absolute Gasteiger partial charge is 4.00 e. The van der Waals surface area contributed by atoms with E-state index in [2.05, 4.69) is 36.8 Å². The van der Waals surface area contributed by atoms with Gasteiger partial charge in [0.05, 0.1) is 30.5 Å². The molecule has 11 nitrogen and oxygen atoms in total. The van der Waals surface area contributed by atoms with Crippen LogP contribution in [-0.4, -0.2) is 36.6 Å². The monoisotopic (exact) mass is 385 g/mol. The summed E-state index contributed by atoms with van der Waals surface area (Å²) in [6, 6.07) is 0. The normalized spacial score (nSPS) is 6.41. The first-order valence-corrected chi connectivity index (χ1v) is 6.11. The van der Waals surface area contributed by atoms with Crippen LogP contribution >= 0.6 is 0 Å². The molecule has 0 heterocycles. The number of ether oxygens (including phenoxy) is 1. The van der Waals surface area contributed by atoms with Crippen LogP contribution in [0.5, 0.6) is 0 Å². The SMILES string of the molecule is C=CC(=O)[O-].C=CC(=O)[O-].C=CC(=O)[O-].C=CC(=O)[O-].CCOC(N)=O.[C+4]. The molecule has 0 saturated carbocycles. The van der Waals surface area contributed by atoms with E-state index in [4.69, 9.17) is 39.6 Å². The number of carbonyl (C=O) groups excluding carboxylic acids is 5. The van der Waals surface area contributed by atoms with E-state index in [1.807, 2.05) is 0 Å². The van der Waals surface area contributed by atoms with Crippen molar-refractivity contribution in [3.8, 4) is 0 Å². The number of carboxylic acid groups (broad SMARTS) is 4. The summed E-state index contributed by atoms with van der Waals surface area (Å²) in [5, 5.41) is 36.6. The standard InChI is InChI=1S/C3H7NO2.4C3H4O2.C/c1-2-6-3(4)5;4*1-2-3(4)5;/h2H2,1H3,(H2,4,5);4*2H,1H2,(H,4,5);/q;;;;;+4/p-4. The van der Waals surface area contributed by atoms with E-state index in [0.29, 0.717) is 6.61 Å². The minimum absolute atomic E-state index is 0. The maximum Gasteiger partial charge on any atom is 4.00 e. The predicted molar refractivity (Wildman–Crippen MR) is 85.3 cm³/mol. The van der Waals surface area contributed by atoms with Crippen molar-refractivity contribution in [2.24, 2.45) is 5.73 Å². The molecule has 0 aliphatic heterocycles. The number of amides is 1. The van der Waals surface area contributed by atoms with Crippen molar-refractivity contribution >= 4 is 30.0 Å². The topological polar surface area (TPSA) is 213 Å². The van der Waals surface area contributed by atoms with Gasteiger partial charge in [0.1, 0.15) is 0 Å². The second-order valence-electron chi connectivity index (χ2n) is 2.84. The fourth-order valence-electron chi connectivity index (χ4n) is 0.142. The molecule has 0 bridgehead atoms. The summed E-state index contributed by atoms with van der Waals surface area (Å²) in [5.41, 5.74) is 4.54. The molecule has 148 valence electrons. The van der Waals surface area contributed by atoms with Crippen molar-refractivity contribution in [2.45, 2.75) is 6.92 Å². The summed E-state index contributed by atoms with van der Waals surface area (Å²) >= 11 is 0. The molecule has 27 heavy (non-hydrogen) atoms. The van der Waals surface area contributed by atoms with Crippen molar-refractivity contribution in [3.05, 3.63) is 58.0 Å². The van der Waals surface area contributed by atoms with Crippen LogP contribution in [0, 0.1) is 7.43 Å². The fraction of sp³-hybridized carbons (Fsp3) is 0.125. The molecule has 0 spiro atoms. The molecule has 11 heteroatoms. The van der Waals surface area contributed by atoms with Gasteiger partial charge in [-0.1, -0.05) is 26.3 Å². The summed E-state index contributed by atoms with van der Waals surface area (Å²) < 4.78 is 4.18. The number of hydrogen-bond donors (Lipinski definition) is 1. The zero-order valence-electron chi connectivity index (χ0n) is 14.5. The summed E-state index contributed by atoms with van der Waals surface area (Å²) in [6.45, 7) is 13.6. The second-order valence-corrected chi connectivity index (χ2v) is 2.84. The Morgan fingerprint density at radius 2 is 0.889 bits per heavy atom. The Balaban J connectivity index is -0.0000000507. The van der Waals surface area contributed by atoms with Crippen LogP contribution in [0.3, 0.4) is 0 Å². The van der Waals surface area contributed by atoms with Crippen LogP contribution in [-0.2, 0) is 23.9 Å². The second kappa shape index (κ2) is 33.7. The molecular weight excluding hydrogens is 366 g/mol. The molecule has 1 amide bonds. The molecule has 2 N–H and O–H groups in total. The van der Waals surface area contributed by atoms with Crippen molar-refractivity contribution in [2.75, 3.05) is 6.61 Å². The summed E-state index contributed by atoms with van der Waals surface area (Å²) in [6.07, 6.45) is 2.18. The van der Waals surface area contributed by atoms with Crippen LogP contribution < -0.4 is 26.2 Å². The van der Waals surface area contributed by atoms with Gasteiger partial charge in [-0.15, -0.1) is 0 Å². The average molecular weight is 385 g/mol. The van der Waals surface area contributed by atoms with Crippen LogP contribution in [0.4, 0.5) is 4.79 Å². The molecule has 0 saturated heterocycles. The summed E-state index contributed by atoms with van der Waals surface area (Å²) in [4.78, 5) is 46.2. The molecule has 0 rings (SSSR count). The van der Waals surface area contributed by atoms with E-state index in [1.165, 1.54) is 0 Å². The van der Waals surface area contributed by atoms with Gasteiger partial charge in [0, 0.05) is 0 Å². The zero-order chi connectivity index (χ0) is 22.1. The van der Waals surface area contributed by atoms with Crippen LogP contribution in [0.25, 0.3) is 0 Å². The zero-order valence-corrected chi connectivity index (χ0v) is 14.5. The van der Waals surface area contributed by atoms with Crippen molar-refractivity contribution in [1.82, 2.24) is 0 Å². The van der Waals surface area contributed by atoms with E-state index in [9.17, 15) is 4.79 Å². The molecule has 0 aromatic heterocycles. The fourth-order valence-corrected chi connectivity index (χ4v) is 0.142. The van der Waals surface area contributed by atoms with Gasteiger partial charge in [-0.2, -0.15) is 0 Å². The predicted octanol–water partition coefficient (Wildman–Crippen LogP) is -4.13. The van der Waals surface area contributed by atoms with E-state index in [-0.39, 0.29) is 7.43 Å². The first-order valence-electron chi connectivity index (χ1n) is 6.11. The number of carbonyl (C=O) groups is 5. The molecule has 0 fully saturated rings. The Hall–Kier alpha value is -3.89. The van der Waals surface area contributed by atoms with Gasteiger partial charge >= 0.3 is 13.5 Å². The molecule has 0 atom stereocenters. The minimum atomic E-state index is -1.23. The van der Waals surface area contributed by atoms with Crippen LogP contribution in [0.1, 0.15) is 6.92 Å². The number of nitrogens with two attached hydrogens (primary N) is 1. The van der Waals surface area contributed by atoms with Gasteiger partial charge in [0.15, 0.2) is 0 Å². The van der Waals surface area contributed by atoms with E-state index in [1.54, 1.807) is 6.92 Å². The van der Waals surface area contributed by atoms with Gasteiger partial charge in [-0.05, 0) is 31.2 Å². The Morgan fingerprint density at radius 1 is 0.741 bits per heavy atom. The van der Waals surface area contributed by atoms with Gasteiger partial charge in [0.2, 0.25) is 0 Å². The number of carboxylic acids is 4. The molecular formula is C16H19NO10. The maximum absolute atomic E-state index is 9.60. The third-order valence-electron chi connectivity index (χ3n) is 0.953. The molecule has 0 unspecified atom stereocenters. The first kappa shape index (κ1) is 38.6. The van der Waals surface area contributed by atoms with Gasteiger partial charge in [-0.3, -0.25) is 0 Å². The molecule has 0 aromatic carbocycles. The van der Waals surface area contributed by atoms with Crippen LogP contribution in [0.2, 0.25) is 0 Å². The molecule has 0 aliphatic carbocycles. The average Bonchev–Trinajstić information content (AvgIpc) is 2.56. The van der Waals surface area contributed by atoms with Crippen molar-refractivity contribution < 1.29 is 49.1 Å². The van der Waals surface area contributed by atoms with Crippen LogP contribution in [0.15, 0.2) is 50.6 Å². The quantitative estimate of drug-likeness (QED) is 0.451. The number of rotatable bonds is 5. The smallest absolute Gasteiger partial charge is 0.545 e. The third kappa shape index (κ3) is 177. The first-order chi connectivity index (χ1) is 11.9. The molecule has 0 radical (unpaired) electrons. The van der Waals surface area contributed by atoms with E-state index >= 15 is 0 Å². The molecule has 0 aromatic rings. The summed E-state index contributed by atoms with van der Waals surface area (Å²) in [7, 11) is 0. The minimum Gasteiger partial charge on any atom is -0.545 e. The Bertz CT molecular complexity index is 412. The van der Waals surface area contributed by atoms with Crippen molar-refractivity contribution in [3.63, 3.8) is 0 Å². The van der Waals surface area contributed by atoms with Gasteiger partial charge in [-0.25, -0.2) is 4.79 Å². The maximum atomic E-state index is 9.60. The molecule has 0 aliphatic rings. The summed E-state index contributed by atoms with van der Waals surface area (Å²) in [5.74, 6) is -4.93. The van der Waals surface area contributed by atoms with Gasteiger partial charge < -0.3 is 50.1 Å². The Morgan fingerprint density at radius 3 is 0.889 bits per heavy atom. The third-order valence-corrected chi connectivity index (χ3v) is 0.953. The van der Waals surface area contributed by atoms with E-state index < -0.39 is 30.0 Å². The Kier molecular flexibility index (Phi) is 48.1. The van der Waals surface area contributed by atoms with E-state index in [0.717, 1.165) is 24.3 Å². The number of hydrogen-bond acceptors (Lipinski definition) is 10. The van der Waals surface area contributed by atoms with Gasteiger partial charge in [0.25, 0.3) is 0 Å². The Labute approximate surface area is 157 Å². The number of primary amides is 1.